The molecule has 1 heterocycles. The van der Waals surface area contributed by atoms with Gasteiger partial charge in [-0.1, -0.05) is 13.8 Å². The van der Waals surface area contributed by atoms with Crippen molar-refractivity contribution < 1.29 is 4.79 Å². The van der Waals surface area contributed by atoms with Gasteiger partial charge >= 0.3 is 0 Å². The Bertz CT molecular complexity index is 437. The molecule has 1 aromatic heterocycles. The highest BCUT2D eigenvalue weighted by atomic mass is 79.9. The Kier molecular flexibility index (Phi) is 5.65. The highest BCUT2D eigenvalue weighted by molar-refractivity contribution is 9.10. The second-order valence-electron chi connectivity index (χ2n) is 5.94. The van der Waals surface area contributed by atoms with Gasteiger partial charge in [0.2, 0.25) is 0 Å². The van der Waals surface area contributed by atoms with Crippen molar-refractivity contribution in [2.24, 2.45) is 5.92 Å². The number of carbonyl (C=O) groups excluding carboxylic acids is 1. The number of aromatic nitrogens is 1. The van der Waals surface area contributed by atoms with Crippen molar-refractivity contribution >= 4 is 21.8 Å². The molecule has 1 unspecified atom stereocenters. The first-order chi connectivity index (χ1) is 8.73. The summed E-state index contributed by atoms with van der Waals surface area (Å²) < 4.78 is 2.97. The van der Waals surface area contributed by atoms with E-state index in [1.54, 1.807) is 0 Å². The largest absolute Gasteiger partial charge is 0.340 e. The van der Waals surface area contributed by atoms with Gasteiger partial charge in [0, 0.05) is 29.8 Å². The molecule has 1 amide bonds. The molecule has 0 N–H and O–H groups in total. The molecule has 0 aliphatic heterocycles. The van der Waals surface area contributed by atoms with E-state index in [1.165, 1.54) is 0 Å². The summed E-state index contributed by atoms with van der Waals surface area (Å²) in [6.07, 6.45) is 2.99. The van der Waals surface area contributed by atoms with E-state index in [1.807, 2.05) is 28.8 Å². The van der Waals surface area contributed by atoms with Gasteiger partial charge in [-0.3, -0.25) is 4.79 Å². The van der Waals surface area contributed by atoms with Crippen LogP contribution < -0.4 is 0 Å². The van der Waals surface area contributed by atoms with Crippen LogP contribution in [0.25, 0.3) is 0 Å². The van der Waals surface area contributed by atoms with Gasteiger partial charge in [0.25, 0.3) is 5.91 Å². The van der Waals surface area contributed by atoms with E-state index in [9.17, 15) is 4.79 Å². The van der Waals surface area contributed by atoms with Gasteiger partial charge in [-0.05, 0) is 55.1 Å². The molecular formula is C15H25BrN2O. The molecule has 0 aromatic carbocycles. The smallest absolute Gasteiger partial charge is 0.270 e. The van der Waals surface area contributed by atoms with E-state index < -0.39 is 0 Å². The van der Waals surface area contributed by atoms with E-state index in [2.05, 4.69) is 50.5 Å². The zero-order valence-corrected chi connectivity index (χ0v) is 14.4. The van der Waals surface area contributed by atoms with Crippen molar-refractivity contribution in [3.8, 4) is 0 Å². The Labute approximate surface area is 125 Å². The maximum absolute atomic E-state index is 12.6. The molecule has 1 rings (SSSR count). The molecule has 1 aromatic rings. The second kappa shape index (κ2) is 6.60. The summed E-state index contributed by atoms with van der Waals surface area (Å²) in [6.45, 7) is 10.6. The number of amides is 1. The van der Waals surface area contributed by atoms with Crippen LogP contribution in [0.4, 0.5) is 0 Å². The van der Waals surface area contributed by atoms with Crippen molar-refractivity contribution in [1.82, 2.24) is 9.47 Å². The average molecular weight is 329 g/mol. The number of hydrogen-bond donors (Lipinski definition) is 0. The van der Waals surface area contributed by atoms with Crippen molar-refractivity contribution in [1.29, 1.82) is 0 Å². The highest BCUT2D eigenvalue weighted by Crippen LogP contribution is 2.22. The maximum Gasteiger partial charge on any atom is 0.270 e. The minimum Gasteiger partial charge on any atom is -0.340 e. The van der Waals surface area contributed by atoms with Crippen LogP contribution in [0, 0.1) is 5.92 Å². The zero-order chi connectivity index (χ0) is 14.7. The van der Waals surface area contributed by atoms with Crippen LogP contribution in [0.2, 0.25) is 0 Å². The van der Waals surface area contributed by atoms with Crippen molar-refractivity contribution in [2.45, 2.75) is 53.1 Å². The molecule has 0 aliphatic rings. The predicted octanol–water partition coefficient (Wildman–Crippen LogP) is 4.34. The van der Waals surface area contributed by atoms with Gasteiger partial charge < -0.3 is 9.47 Å². The lowest BCUT2D eigenvalue weighted by molar-refractivity contribution is 0.0715. The molecule has 108 valence electrons. The summed E-state index contributed by atoms with van der Waals surface area (Å²) in [4.78, 5) is 14.4. The fourth-order valence-electron chi connectivity index (χ4n) is 2.27. The quantitative estimate of drug-likeness (QED) is 0.789. The summed E-state index contributed by atoms with van der Waals surface area (Å²) in [5.74, 6) is 0.682. The van der Waals surface area contributed by atoms with Crippen LogP contribution in [0.15, 0.2) is 16.7 Å². The Morgan fingerprint density at radius 2 is 1.89 bits per heavy atom. The zero-order valence-electron chi connectivity index (χ0n) is 12.8. The third-order valence-electron chi connectivity index (χ3n) is 3.38. The number of halogens is 1. The van der Waals surface area contributed by atoms with Gasteiger partial charge in [-0.15, -0.1) is 0 Å². The first-order valence-corrected chi connectivity index (χ1v) is 7.67. The second-order valence-corrected chi connectivity index (χ2v) is 6.85. The normalized spacial score (nSPS) is 13.1. The van der Waals surface area contributed by atoms with Crippen LogP contribution in [-0.4, -0.2) is 28.5 Å². The molecule has 0 spiro atoms. The van der Waals surface area contributed by atoms with Gasteiger partial charge in [0.1, 0.15) is 5.69 Å². The SMILES string of the molecule is CC(C)CC(C)N(C)C(=O)c1cc(Br)cn1C(C)C. The summed E-state index contributed by atoms with van der Waals surface area (Å²) in [6, 6.07) is 2.43. The molecule has 4 heteroatoms. The number of rotatable bonds is 5. The lowest BCUT2D eigenvalue weighted by Crippen LogP contribution is -2.37. The fraction of sp³-hybridized carbons (Fsp3) is 0.667. The molecule has 3 nitrogen and oxygen atoms in total. The molecule has 0 radical (unpaired) electrons. The molecule has 1 atom stereocenters. The minimum absolute atomic E-state index is 0.0903. The van der Waals surface area contributed by atoms with E-state index in [-0.39, 0.29) is 18.0 Å². The molecule has 19 heavy (non-hydrogen) atoms. The fourth-order valence-corrected chi connectivity index (χ4v) is 2.70. The van der Waals surface area contributed by atoms with Crippen LogP contribution in [0.1, 0.15) is 57.6 Å². The third kappa shape index (κ3) is 4.10. The highest BCUT2D eigenvalue weighted by Gasteiger charge is 2.22. The van der Waals surface area contributed by atoms with E-state index in [0.29, 0.717) is 5.92 Å². The average Bonchev–Trinajstić information content (AvgIpc) is 2.68. The van der Waals surface area contributed by atoms with E-state index >= 15 is 0 Å². The lowest BCUT2D eigenvalue weighted by Gasteiger charge is -2.27. The molecular weight excluding hydrogens is 304 g/mol. The van der Waals surface area contributed by atoms with Crippen molar-refractivity contribution in [2.75, 3.05) is 7.05 Å². The Hall–Kier alpha value is -0.770. The molecule has 0 aliphatic carbocycles. The van der Waals surface area contributed by atoms with E-state index in [0.717, 1.165) is 16.6 Å². The standard InChI is InChI=1S/C15H25BrN2O/c1-10(2)7-12(5)17(6)15(19)14-8-13(16)9-18(14)11(3)4/h8-12H,7H2,1-6H3. The number of nitrogens with zero attached hydrogens (tertiary/aromatic N) is 2. The third-order valence-corrected chi connectivity index (χ3v) is 3.82. The lowest BCUT2D eigenvalue weighted by atomic mass is 10.0. The van der Waals surface area contributed by atoms with Gasteiger partial charge in [-0.25, -0.2) is 0 Å². The predicted molar refractivity (Wildman–Crippen MR) is 83.5 cm³/mol. The summed E-state index contributed by atoms with van der Waals surface area (Å²) in [5.41, 5.74) is 0.750. The van der Waals surface area contributed by atoms with Gasteiger partial charge in [0.15, 0.2) is 0 Å². The summed E-state index contributed by atoms with van der Waals surface area (Å²) in [7, 11) is 1.89. The first-order valence-electron chi connectivity index (χ1n) is 6.88. The van der Waals surface area contributed by atoms with Crippen molar-refractivity contribution in [3.63, 3.8) is 0 Å². The Morgan fingerprint density at radius 3 is 2.37 bits per heavy atom. The monoisotopic (exact) mass is 328 g/mol. The van der Waals surface area contributed by atoms with Crippen LogP contribution >= 0.6 is 15.9 Å². The van der Waals surface area contributed by atoms with Crippen molar-refractivity contribution in [3.05, 3.63) is 22.4 Å². The molecule has 0 saturated carbocycles. The topological polar surface area (TPSA) is 25.2 Å². The van der Waals surface area contributed by atoms with Crippen LogP contribution in [0.3, 0.4) is 0 Å². The maximum atomic E-state index is 12.6. The van der Waals surface area contributed by atoms with E-state index in [4.69, 9.17) is 0 Å². The Balaban J connectivity index is 2.93. The summed E-state index contributed by atoms with van der Waals surface area (Å²) >= 11 is 3.45. The Morgan fingerprint density at radius 1 is 1.32 bits per heavy atom. The van der Waals surface area contributed by atoms with Gasteiger partial charge in [-0.2, -0.15) is 0 Å². The molecule has 0 bridgehead atoms. The minimum atomic E-state index is 0.0903. The van der Waals surface area contributed by atoms with Crippen LogP contribution in [0.5, 0.6) is 0 Å². The molecule has 0 saturated heterocycles. The first kappa shape index (κ1) is 16.3. The molecule has 0 fully saturated rings. The summed E-state index contributed by atoms with van der Waals surface area (Å²) in [5, 5.41) is 0. The van der Waals surface area contributed by atoms with Gasteiger partial charge in [0.05, 0.1) is 0 Å². The number of hydrogen-bond acceptors (Lipinski definition) is 1. The number of carbonyl (C=O) groups is 1. The van der Waals surface area contributed by atoms with Crippen LogP contribution in [-0.2, 0) is 0 Å².